The molecule has 0 saturated carbocycles. The average molecular weight is 532 g/mol. The first-order valence-corrected chi connectivity index (χ1v) is 13.2. The number of aromatic nitrogens is 1. The number of morpholine rings is 1. The first-order valence-electron chi connectivity index (χ1n) is 12.8. The van der Waals surface area contributed by atoms with Crippen molar-refractivity contribution in [2.75, 3.05) is 58.4 Å². The van der Waals surface area contributed by atoms with E-state index in [0.29, 0.717) is 36.0 Å². The molecule has 0 amide bonds. The van der Waals surface area contributed by atoms with Crippen LogP contribution in [0.5, 0.6) is 0 Å². The van der Waals surface area contributed by atoms with Gasteiger partial charge in [-0.2, -0.15) is 0 Å². The van der Waals surface area contributed by atoms with Gasteiger partial charge in [-0.15, -0.1) is 0 Å². The number of aliphatic imine (C=N–C) groups is 2. The van der Waals surface area contributed by atoms with Crippen LogP contribution in [0.4, 0.5) is 10.2 Å². The van der Waals surface area contributed by atoms with Crippen molar-refractivity contribution >= 4 is 29.6 Å². The largest absolute Gasteiger partial charge is 0.378 e. The Morgan fingerprint density at radius 1 is 1.24 bits per heavy atom. The molecule has 1 atom stereocenters. The van der Waals surface area contributed by atoms with E-state index in [4.69, 9.17) is 21.3 Å². The molecule has 0 radical (unpaired) electrons. The highest BCUT2D eigenvalue weighted by molar-refractivity contribution is 6.32. The number of amidine groups is 1. The van der Waals surface area contributed by atoms with Gasteiger partial charge in [0.05, 0.1) is 30.4 Å². The monoisotopic (exact) mass is 531 g/mol. The standard InChI is InChI=1S/C27H39ClFN7O/c1-21(23(3)29)7-5-8-24(32-20-34-15-17-37-18-16-34)19-26(30-4)36-14-13-35(12-10-22(36)2)33-27-25(28)9-6-11-31-27/h5-7,9,11,19-20,22H,8,10,12-18H2,1-4H3,(H,31,33)/b7-5-,23-21+,24-19-,30-26?,32-20?. The molecule has 1 aromatic heterocycles. The van der Waals surface area contributed by atoms with Crippen LogP contribution in [0.2, 0.25) is 5.02 Å². The highest BCUT2D eigenvalue weighted by Gasteiger charge is 2.23. The number of anilines is 1. The molecule has 37 heavy (non-hydrogen) atoms. The topological polar surface area (TPSA) is 68.6 Å². The molecule has 0 aliphatic carbocycles. The molecular weight excluding hydrogens is 493 g/mol. The third-order valence-electron chi connectivity index (χ3n) is 6.47. The molecule has 1 N–H and O–H groups in total. The summed E-state index contributed by atoms with van der Waals surface area (Å²) in [6.07, 6.45) is 10.9. The molecule has 0 aromatic carbocycles. The van der Waals surface area contributed by atoms with E-state index < -0.39 is 0 Å². The van der Waals surface area contributed by atoms with Crippen molar-refractivity contribution in [2.45, 2.75) is 39.7 Å². The molecule has 202 valence electrons. The molecule has 2 fully saturated rings. The second kappa shape index (κ2) is 14.9. The minimum Gasteiger partial charge on any atom is -0.378 e. The predicted molar refractivity (Wildman–Crippen MR) is 151 cm³/mol. The highest BCUT2D eigenvalue weighted by Crippen LogP contribution is 2.20. The summed E-state index contributed by atoms with van der Waals surface area (Å²) in [4.78, 5) is 18.2. The molecule has 3 rings (SSSR count). The second-order valence-electron chi connectivity index (χ2n) is 9.20. The Morgan fingerprint density at radius 2 is 2.03 bits per heavy atom. The van der Waals surface area contributed by atoms with E-state index in [1.165, 1.54) is 6.92 Å². The van der Waals surface area contributed by atoms with Crippen LogP contribution in [0.1, 0.15) is 33.6 Å². The van der Waals surface area contributed by atoms with Gasteiger partial charge in [-0.25, -0.2) is 19.4 Å². The van der Waals surface area contributed by atoms with E-state index in [2.05, 4.69) is 37.1 Å². The Morgan fingerprint density at radius 3 is 2.73 bits per heavy atom. The van der Waals surface area contributed by atoms with E-state index in [9.17, 15) is 4.39 Å². The number of rotatable bonds is 8. The average Bonchev–Trinajstić information content (AvgIpc) is 3.08. The number of ether oxygens (including phenoxy) is 1. The summed E-state index contributed by atoms with van der Waals surface area (Å²) in [6.45, 7) is 10.9. The highest BCUT2D eigenvalue weighted by atomic mass is 35.5. The van der Waals surface area contributed by atoms with E-state index in [-0.39, 0.29) is 11.9 Å². The summed E-state index contributed by atoms with van der Waals surface area (Å²) < 4.78 is 19.0. The molecule has 0 bridgehead atoms. The van der Waals surface area contributed by atoms with Crippen LogP contribution in [0.25, 0.3) is 0 Å². The van der Waals surface area contributed by atoms with Crippen LogP contribution in [0, 0.1) is 0 Å². The SMILES string of the molecule is CN=C(/C=C(/C/C=C\C(C)=C(/C)F)N=CN1CCOCC1)N1CCN(Nc2ncccc2Cl)CCC1C. The molecule has 0 spiro atoms. The van der Waals surface area contributed by atoms with Gasteiger partial charge in [0.1, 0.15) is 5.84 Å². The van der Waals surface area contributed by atoms with Crippen LogP contribution in [0.3, 0.4) is 0 Å². The second-order valence-corrected chi connectivity index (χ2v) is 9.60. The van der Waals surface area contributed by atoms with Gasteiger partial charge in [0.15, 0.2) is 5.82 Å². The lowest BCUT2D eigenvalue weighted by molar-refractivity contribution is 0.0700. The first-order chi connectivity index (χ1) is 17.9. The van der Waals surface area contributed by atoms with Crippen molar-refractivity contribution in [2.24, 2.45) is 9.98 Å². The van der Waals surface area contributed by atoms with Crippen LogP contribution in [-0.2, 0) is 4.74 Å². The molecule has 8 nitrogen and oxygen atoms in total. The van der Waals surface area contributed by atoms with Gasteiger partial charge in [-0.05, 0) is 44.9 Å². The van der Waals surface area contributed by atoms with Crippen molar-refractivity contribution in [3.63, 3.8) is 0 Å². The van der Waals surface area contributed by atoms with Gasteiger partial charge in [0.25, 0.3) is 0 Å². The summed E-state index contributed by atoms with van der Waals surface area (Å²) in [5, 5.41) is 2.75. The molecule has 2 aliphatic rings. The predicted octanol–water partition coefficient (Wildman–Crippen LogP) is 4.94. The van der Waals surface area contributed by atoms with Crippen molar-refractivity contribution in [3.05, 3.63) is 58.7 Å². The smallest absolute Gasteiger partial charge is 0.159 e. The molecule has 2 saturated heterocycles. The Labute approximate surface area is 225 Å². The maximum atomic E-state index is 13.5. The lowest BCUT2D eigenvalue weighted by atomic mass is 10.1. The molecule has 2 aliphatic heterocycles. The molecule has 1 aromatic rings. The van der Waals surface area contributed by atoms with E-state index in [1.54, 1.807) is 19.2 Å². The van der Waals surface area contributed by atoms with Crippen molar-refractivity contribution in [3.8, 4) is 0 Å². The lowest BCUT2D eigenvalue weighted by Gasteiger charge is -2.29. The van der Waals surface area contributed by atoms with Gasteiger partial charge in [0, 0.05) is 70.2 Å². The van der Waals surface area contributed by atoms with Gasteiger partial charge in [-0.1, -0.05) is 23.8 Å². The Balaban J connectivity index is 1.75. The normalized spacial score (nSPS) is 21.5. The summed E-state index contributed by atoms with van der Waals surface area (Å²) in [7, 11) is 1.81. The third kappa shape index (κ3) is 9.25. The zero-order valence-electron chi connectivity index (χ0n) is 22.3. The number of nitrogens with zero attached hydrogens (tertiary/aromatic N) is 6. The maximum Gasteiger partial charge on any atom is 0.159 e. The number of nitrogens with one attached hydrogen (secondary N) is 1. The van der Waals surface area contributed by atoms with E-state index >= 15 is 0 Å². The van der Waals surface area contributed by atoms with Crippen LogP contribution < -0.4 is 5.43 Å². The summed E-state index contributed by atoms with van der Waals surface area (Å²) in [5.74, 6) is 1.36. The number of allylic oxidation sites excluding steroid dienone is 4. The van der Waals surface area contributed by atoms with Crippen molar-refractivity contribution < 1.29 is 9.13 Å². The Bertz CT molecular complexity index is 1030. The van der Waals surface area contributed by atoms with Gasteiger partial charge in [0.2, 0.25) is 0 Å². The van der Waals surface area contributed by atoms with Crippen molar-refractivity contribution in [1.29, 1.82) is 0 Å². The summed E-state index contributed by atoms with van der Waals surface area (Å²) >= 11 is 6.29. The molecule has 3 heterocycles. The van der Waals surface area contributed by atoms with Gasteiger partial charge >= 0.3 is 0 Å². The number of pyridine rings is 1. The Kier molecular flexibility index (Phi) is 11.6. The first kappa shape index (κ1) is 28.8. The molecular formula is C27H39ClFN7O. The number of hydrazine groups is 1. The van der Waals surface area contributed by atoms with Crippen LogP contribution in [-0.4, -0.2) is 91.0 Å². The van der Waals surface area contributed by atoms with Crippen LogP contribution in [0.15, 0.2) is 63.6 Å². The number of halogens is 2. The van der Waals surface area contributed by atoms with Gasteiger partial charge in [-0.3, -0.25) is 4.99 Å². The quantitative estimate of drug-likeness (QED) is 0.291. The summed E-state index contributed by atoms with van der Waals surface area (Å²) in [5.41, 5.74) is 4.83. The molecule has 1 unspecified atom stereocenters. The maximum absolute atomic E-state index is 13.5. The Hall–Kier alpha value is -2.75. The minimum absolute atomic E-state index is 0.182. The fraction of sp³-hybridized carbons (Fsp3) is 0.519. The zero-order valence-corrected chi connectivity index (χ0v) is 23.1. The lowest BCUT2D eigenvalue weighted by Crippen LogP contribution is -2.40. The van der Waals surface area contributed by atoms with Crippen LogP contribution >= 0.6 is 11.6 Å². The van der Waals surface area contributed by atoms with E-state index in [0.717, 1.165) is 50.7 Å². The number of hydrogen-bond acceptors (Lipinski definition) is 6. The minimum atomic E-state index is -0.182. The fourth-order valence-corrected chi connectivity index (χ4v) is 4.19. The third-order valence-corrected chi connectivity index (χ3v) is 6.78. The zero-order chi connectivity index (χ0) is 26.6. The molecule has 10 heteroatoms. The van der Waals surface area contributed by atoms with Crippen molar-refractivity contribution in [1.82, 2.24) is 19.8 Å². The number of hydrogen-bond donors (Lipinski definition) is 1. The van der Waals surface area contributed by atoms with Gasteiger partial charge < -0.3 is 20.0 Å². The van der Waals surface area contributed by atoms with E-state index in [1.807, 2.05) is 37.7 Å². The summed E-state index contributed by atoms with van der Waals surface area (Å²) in [6, 6.07) is 3.93. The fourth-order valence-electron chi connectivity index (χ4n) is 4.02.